The first-order valence-electron chi connectivity index (χ1n) is 7.49. The molecular weight excluding hydrogens is 290 g/mol. The van der Waals surface area contributed by atoms with Gasteiger partial charge >= 0.3 is 0 Å². The lowest BCUT2D eigenvalue weighted by atomic mass is 10.2. The van der Waals surface area contributed by atoms with E-state index in [1.165, 1.54) is 6.20 Å². The molecule has 0 spiro atoms. The predicted molar refractivity (Wildman–Crippen MR) is 90.5 cm³/mol. The van der Waals surface area contributed by atoms with Gasteiger partial charge in [-0.25, -0.2) is 9.97 Å². The van der Waals surface area contributed by atoms with Gasteiger partial charge in [0.1, 0.15) is 11.5 Å². The third kappa shape index (κ3) is 3.42. The highest BCUT2D eigenvalue weighted by molar-refractivity contribution is 6.07. The molecule has 23 heavy (non-hydrogen) atoms. The Balaban J connectivity index is 1.78. The van der Waals surface area contributed by atoms with E-state index in [1.807, 2.05) is 30.3 Å². The van der Waals surface area contributed by atoms with Crippen LogP contribution < -0.4 is 10.6 Å². The molecule has 116 valence electrons. The molecule has 2 N–H and O–H groups in total. The van der Waals surface area contributed by atoms with E-state index < -0.39 is 0 Å². The van der Waals surface area contributed by atoms with E-state index in [-0.39, 0.29) is 11.6 Å². The number of amides is 1. The van der Waals surface area contributed by atoms with Crippen LogP contribution in [0.3, 0.4) is 0 Å². The predicted octanol–water partition coefficient (Wildman–Crippen LogP) is 3.10. The van der Waals surface area contributed by atoms with Gasteiger partial charge in [-0.2, -0.15) is 0 Å². The van der Waals surface area contributed by atoms with Crippen LogP contribution in [-0.2, 0) is 0 Å². The van der Waals surface area contributed by atoms with Gasteiger partial charge in [-0.3, -0.25) is 9.78 Å². The number of nitrogens with one attached hydrogen (secondary N) is 2. The van der Waals surface area contributed by atoms with Gasteiger partial charge in [0.05, 0.1) is 23.6 Å². The molecule has 0 atom stereocenters. The van der Waals surface area contributed by atoms with Gasteiger partial charge in [-0.15, -0.1) is 0 Å². The van der Waals surface area contributed by atoms with E-state index in [2.05, 4.69) is 32.5 Å². The highest BCUT2D eigenvalue weighted by Gasteiger charge is 2.10. The minimum Gasteiger partial charge on any atom is -0.369 e. The Morgan fingerprint density at radius 3 is 2.74 bits per heavy atom. The number of pyridine rings is 1. The molecule has 3 aromatic rings. The number of rotatable bonds is 5. The second-order valence-corrected chi connectivity index (χ2v) is 5.05. The summed E-state index contributed by atoms with van der Waals surface area (Å²) in [6.07, 6.45) is 5.72. The lowest BCUT2D eigenvalue weighted by Gasteiger charge is -2.08. The first kappa shape index (κ1) is 14.9. The first-order chi connectivity index (χ1) is 11.3. The number of aromatic nitrogens is 3. The summed E-state index contributed by atoms with van der Waals surface area (Å²) in [5.41, 5.74) is 1.67. The maximum atomic E-state index is 12.3. The number of para-hydroxylation sites is 1. The highest BCUT2D eigenvalue weighted by Crippen LogP contribution is 2.21. The van der Waals surface area contributed by atoms with Crippen molar-refractivity contribution < 1.29 is 4.79 Å². The van der Waals surface area contributed by atoms with Crippen LogP contribution in [-0.4, -0.2) is 27.4 Å². The minimum absolute atomic E-state index is 0.264. The highest BCUT2D eigenvalue weighted by atomic mass is 16.1. The van der Waals surface area contributed by atoms with Crippen molar-refractivity contribution in [3.8, 4) is 0 Å². The quantitative estimate of drug-likeness (QED) is 0.757. The van der Waals surface area contributed by atoms with Crippen LogP contribution >= 0.6 is 0 Å². The average Bonchev–Trinajstić information content (AvgIpc) is 2.60. The van der Waals surface area contributed by atoms with Gasteiger partial charge in [-0.1, -0.05) is 25.1 Å². The summed E-state index contributed by atoms with van der Waals surface area (Å²) in [4.78, 5) is 25.0. The molecule has 0 saturated carbocycles. The summed E-state index contributed by atoms with van der Waals surface area (Å²) in [6.45, 7) is 2.89. The SMILES string of the molecule is CCCNc1cnc(C(=O)Nc2cccc3cccnc23)cn1. The molecule has 2 aromatic heterocycles. The second kappa shape index (κ2) is 6.83. The molecule has 0 saturated heterocycles. The van der Waals surface area contributed by atoms with Crippen molar-refractivity contribution in [2.24, 2.45) is 0 Å². The number of carbonyl (C=O) groups is 1. The molecule has 6 nitrogen and oxygen atoms in total. The summed E-state index contributed by atoms with van der Waals surface area (Å²) >= 11 is 0. The second-order valence-electron chi connectivity index (χ2n) is 5.05. The number of hydrogen-bond acceptors (Lipinski definition) is 5. The maximum Gasteiger partial charge on any atom is 0.275 e. The largest absolute Gasteiger partial charge is 0.369 e. The van der Waals surface area contributed by atoms with Gasteiger partial charge in [0.15, 0.2) is 0 Å². The molecule has 0 aliphatic heterocycles. The van der Waals surface area contributed by atoms with E-state index in [0.29, 0.717) is 11.5 Å². The number of carbonyl (C=O) groups excluding carboxylic acids is 1. The van der Waals surface area contributed by atoms with Crippen LogP contribution in [0.1, 0.15) is 23.8 Å². The van der Waals surface area contributed by atoms with Crippen molar-refractivity contribution in [1.82, 2.24) is 15.0 Å². The fourth-order valence-electron chi connectivity index (χ4n) is 2.18. The van der Waals surface area contributed by atoms with E-state index in [4.69, 9.17) is 0 Å². The summed E-state index contributed by atoms with van der Waals surface area (Å²) in [6, 6.07) is 9.46. The van der Waals surface area contributed by atoms with Crippen molar-refractivity contribution >= 4 is 28.3 Å². The van der Waals surface area contributed by atoms with E-state index in [9.17, 15) is 4.79 Å². The smallest absolute Gasteiger partial charge is 0.275 e. The van der Waals surface area contributed by atoms with Crippen LogP contribution in [0, 0.1) is 0 Å². The van der Waals surface area contributed by atoms with Gasteiger partial charge in [0.25, 0.3) is 5.91 Å². The van der Waals surface area contributed by atoms with Crippen molar-refractivity contribution in [2.45, 2.75) is 13.3 Å². The van der Waals surface area contributed by atoms with Gasteiger partial charge in [0.2, 0.25) is 0 Å². The molecular formula is C17H17N5O. The summed E-state index contributed by atoms with van der Waals surface area (Å²) in [5, 5.41) is 6.93. The molecule has 6 heteroatoms. The molecule has 0 unspecified atom stereocenters. The zero-order chi connectivity index (χ0) is 16.1. The molecule has 0 aliphatic carbocycles. The van der Waals surface area contributed by atoms with Crippen LogP contribution in [0.25, 0.3) is 10.9 Å². The molecule has 0 aliphatic rings. The first-order valence-corrected chi connectivity index (χ1v) is 7.49. The van der Waals surface area contributed by atoms with Gasteiger partial charge in [0, 0.05) is 18.1 Å². The summed E-state index contributed by atoms with van der Waals surface area (Å²) < 4.78 is 0. The topological polar surface area (TPSA) is 79.8 Å². The fraction of sp³-hybridized carbons (Fsp3) is 0.176. The number of benzene rings is 1. The van der Waals surface area contributed by atoms with Crippen LogP contribution in [0.15, 0.2) is 48.9 Å². The van der Waals surface area contributed by atoms with Crippen molar-refractivity contribution in [3.63, 3.8) is 0 Å². The van der Waals surface area contributed by atoms with Crippen LogP contribution in [0.2, 0.25) is 0 Å². The van der Waals surface area contributed by atoms with Crippen molar-refractivity contribution in [1.29, 1.82) is 0 Å². The Bertz CT molecular complexity index is 811. The number of nitrogens with zero attached hydrogens (tertiary/aromatic N) is 3. The molecule has 0 bridgehead atoms. The third-order valence-electron chi connectivity index (χ3n) is 3.32. The van der Waals surface area contributed by atoms with E-state index in [0.717, 1.165) is 23.9 Å². The van der Waals surface area contributed by atoms with E-state index in [1.54, 1.807) is 12.4 Å². The van der Waals surface area contributed by atoms with Gasteiger partial charge < -0.3 is 10.6 Å². The zero-order valence-electron chi connectivity index (χ0n) is 12.8. The summed E-state index contributed by atoms with van der Waals surface area (Å²) in [7, 11) is 0. The minimum atomic E-state index is -0.308. The standard InChI is InChI=1S/C17H17N5O/c1-2-8-18-15-11-20-14(10-21-15)17(23)22-13-7-3-5-12-6-4-9-19-16(12)13/h3-7,9-11H,2,8H2,1H3,(H,18,21)(H,22,23). The van der Waals surface area contributed by atoms with Crippen LogP contribution in [0.4, 0.5) is 11.5 Å². The average molecular weight is 307 g/mol. The third-order valence-corrected chi connectivity index (χ3v) is 3.32. The Hall–Kier alpha value is -3.02. The fourth-order valence-corrected chi connectivity index (χ4v) is 2.18. The molecule has 0 radical (unpaired) electrons. The van der Waals surface area contributed by atoms with Gasteiger partial charge in [-0.05, 0) is 18.6 Å². The Morgan fingerprint density at radius 1 is 1.09 bits per heavy atom. The van der Waals surface area contributed by atoms with Crippen LogP contribution in [0.5, 0.6) is 0 Å². The Kier molecular flexibility index (Phi) is 4.42. The monoisotopic (exact) mass is 307 g/mol. The normalized spacial score (nSPS) is 10.5. The lowest BCUT2D eigenvalue weighted by molar-refractivity contribution is 0.102. The zero-order valence-corrected chi connectivity index (χ0v) is 12.8. The molecule has 0 fully saturated rings. The molecule has 2 heterocycles. The van der Waals surface area contributed by atoms with E-state index >= 15 is 0 Å². The lowest BCUT2D eigenvalue weighted by Crippen LogP contribution is -2.15. The number of hydrogen-bond donors (Lipinski definition) is 2. The summed E-state index contributed by atoms with van der Waals surface area (Å²) in [5.74, 6) is 0.355. The van der Waals surface area contributed by atoms with Crippen molar-refractivity contribution in [3.05, 3.63) is 54.6 Å². The molecule has 1 amide bonds. The molecule has 3 rings (SSSR count). The maximum absolute atomic E-state index is 12.3. The Labute approximate surface area is 134 Å². The van der Waals surface area contributed by atoms with Crippen molar-refractivity contribution in [2.75, 3.05) is 17.2 Å². The number of fused-ring (bicyclic) bond motifs is 1. The Morgan fingerprint density at radius 2 is 1.96 bits per heavy atom. The number of anilines is 2. The molecule has 1 aromatic carbocycles.